The van der Waals surface area contributed by atoms with Crippen LogP contribution >= 0.6 is 23.2 Å². The van der Waals surface area contributed by atoms with E-state index in [1.807, 2.05) is 0 Å². The van der Waals surface area contributed by atoms with Crippen molar-refractivity contribution in [3.05, 3.63) is 69.2 Å². The van der Waals surface area contributed by atoms with Crippen LogP contribution in [0.1, 0.15) is 21.5 Å². The van der Waals surface area contributed by atoms with Gasteiger partial charge in [0.15, 0.2) is 0 Å². The fraction of sp³-hybridized carbons (Fsp3) is 0.118. The van der Waals surface area contributed by atoms with Crippen LogP contribution < -0.4 is 16.9 Å². The molecule has 1 heterocycles. The Morgan fingerprint density at radius 2 is 1.74 bits per heavy atom. The molecular weight excluding hydrogens is 406 g/mol. The molecule has 1 aliphatic heterocycles. The van der Waals surface area contributed by atoms with Crippen LogP contribution in [0.3, 0.4) is 0 Å². The van der Waals surface area contributed by atoms with Crippen LogP contribution in [0.2, 0.25) is 10.0 Å². The van der Waals surface area contributed by atoms with Crippen molar-refractivity contribution in [2.75, 3.05) is 5.73 Å². The van der Waals surface area contributed by atoms with Crippen LogP contribution in [-0.2, 0) is 10.4 Å². The lowest BCUT2D eigenvalue weighted by Crippen LogP contribution is -2.42. The summed E-state index contributed by atoms with van der Waals surface area (Å²) >= 11 is 11.7. The van der Waals surface area contributed by atoms with Crippen LogP contribution in [0.25, 0.3) is 5.70 Å². The van der Waals surface area contributed by atoms with Crippen LogP contribution in [0.15, 0.2) is 42.5 Å². The fourth-order valence-electron chi connectivity index (χ4n) is 2.71. The summed E-state index contributed by atoms with van der Waals surface area (Å²) in [5.74, 6) is -0.748. The molecule has 0 saturated carbocycles. The molecule has 2 aromatic rings. The molecule has 0 aromatic heterocycles. The average Bonchev–Trinajstić information content (AvgIpc) is 3.00. The van der Waals surface area contributed by atoms with E-state index in [1.165, 1.54) is 24.3 Å². The fourth-order valence-corrected chi connectivity index (χ4v) is 3.23. The highest BCUT2D eigenvalue weighted by Crippen LogP contribution is 2.48. The average molecular weight is 418 g/mol. The van der Waals surface area contributed by atoms with E-state index in [0.717, 1.165) is 18.2 Å². The molecule has 3 rings (SSSR count). The van der Waals surface area contributed by atoms with Gasteiger partial charge >= 0.3 is 6.18 Å². The number of anilines is 1. The standard InChI is InChI=1S/C17H12Cl2F3N3O2/c18-10-4-9(5-11(19)6-10)16(17(20,21)22)7-14(25-27-16)8-1-2-12(15(24)26)13(23)3-8/h1-7,25H,23H2,(H2,24,26). The first kappa shape index (κ1) is 19.3. The molecule has 0 saturated heterocycles. The highest BCUT2D eigenvalue weighted by Gasteiger charge is 2.59. The van der Waals surface area contributed by atoms with Crippen molar-refractivity contribution < 1.29 is 22.8 Å². The Balaban J connectivity index is 2.12. The molecule has 5 nitrogen and oxygen atoms in total. The lowest BCUT2D eigenvalue weighted by molar-refractivity contribution is -0.269. The smallest absolute Gasteiger partial charge is 0.398 e. The number of carbonyl (C=O) groups excluding carboxylic acids is 1. The number of hydrogen-bond donors (Lipinski definition) is 3. The van der Waals surface area contributed by atoms with Gasteiger partial charge in [-0.3, -0.25) is 15.1 Å². The van der Waals surface area contributed by atoms with Crippen molar-refractivity contribution in [3.63, 3.8) is 0 Å². The normalized spacial score (nSPS) is 19.5. The molecule has 1 aliphatic rings. The van der Waals surface area contributed by atoms with Gasteiger partial charge in [-0.15, -0.1) is 0 Å². The van der Waals surface area contributed by atoms with Gasteiger partial charge in [-0.1, -0.05) is 29.3 Å². The van der Waals surface area contributed by atoms with Gasteiger partial charge in [-0.25, -0.2) is 0 Å². The number of rotatable bonds is 3. The van der Waals surface area contributed by atoms with Crippen LogP contribution in [0, 0.1) is 0 Å². The Morgan fingerprint density at radius 3 is 2.26 bits per heavy atom. The van der Waals surface area contributed by atoms with Crippen LogP contribution in [0.5, 0.6) is 0 Å². The van der Waals surface area contributed by atoms with E-state index in [-0.39, 0.29) is 38.1 Å². The Hall–Kier alpha value is -2.42. The summed E-state index contributed by atoms with van der Waals surface area (Å²) < 4.78 is 41.8. The lowest BCUT2D eigenvalue weighted by Gasteiger charge is -2.28. The first-order valence-corrected chi connectivity index (χ1v) is 8.19. The highest BCUT2D eigenvalue weighted by molar-refractivity contribution is 6.34. The maximum atomic E-state index is 13.9. The molecule has 142 valence electrons. The number of carbonyl (C=O) groups is 1. The highest BCUT2D eigenvalue weighted by atomic mass is 35.5. The number of benzene rings is 2. The number of nitrogen functional groups attached to an aromatic ring is 1. The predicted octanol–water partition coefficient (Wildman–Crippen LogP) is 4.01. The molecule has 1 unspecified atom stereocenters. The first-order valence-electron chi connectivity index (χ1n) is 7.43. The lowest BCUT2D eigenvalue weighted by atomic mass is 9.91. The number of nitrogens with one attached hydrogen (secondary N) is 1. The third kappa shape index (κ3) is 3.43. The van der Waals surface area contributed by atoms with E-state index in [9.17, 15) is 18.0 Å². The molecule has 27 heavy (non-hydrogen) atoms. The minimum absolute atomic E-state index is 0.00569. The summed E-state index contributed by atoms with van der Waals surface area (Å²) in [6, 6.07) is 7.58. The largest absolute Gasteiger partial charge is 0.428 e. The summed E-state index contributed by atoms with van der Waals surface area (Å²) in [5, 5.41) is 0.0586. The van der Waals surface area contributed by atoms with E-state index in [4.69, 9.17) is 39.5 Å². The van der Waals surface area contributed by atoms with E-state index in [1.54, 1.807) is 0 Å². The molecular formula is C17H12Cl2F3N3O2. The minimum atomic E-state index is -4.82. The van der Waals surface area contributed by atoms with Crippen molar-refractivity contribution in [3.8, 4) is 0 Å². The first-order chi connectivity index (χ1) is 12.5. The van der Waals surface area contributed by atoms with Crippen molar-refractivity contribution in [1.82, 2.24) is 5.48 Å². The second-order valence-electron chi connectivity index (χ2n) is 5.82. The van der Waals surface area contributed by atoms with Crippen LogP contribution in [-0.4, -0.2) is 12.1 Å². The van der Waals surface area contributed by atoms with E-state index < -0.39 is 17.7 Å². The second kappa shape index (κ2) is 6.63. The number of nitrogens with two attached hydrogens (primary N) is 2. The molecule has 2 aromatic carbocycles. The minimum Gasteiger partial charge on any atom is -0.398 e. The van der Waals surface area contributed by atoms with Crippen molar-refractivity contribution in [2.24, 2.45) is 5.73 Å². The summed E-state index contributed by atoms with van der Waals surface area (Å²) in [4.78, 5) is 16.2. The van der Waals surface area contributed by atoms with Gasteiger partial charge in [-0.2, -0.15) is 13.2 Å². The van der Waals surface area contributed by atoms with Gasteiger partial charge in [0.1, 0.15) is 0 Å². The Labute approximate surface area is 161 Å². The third-order valence-electron chi connectivity index (χ3n) is 4.01. The van der Waals surface area contributed by atoms with Crippen molar-refractivity contribution in [2.45, 2.75) is 11.8 Å². The van der Waals surface area contributed by atoms with Gasteiger partial charge in [0.25, 0.3) is 5.91 Å². The molecule has 1 atom stereocenters. The molecule has 0 fully saturated rings. The topological polar surface area (TPSA) is 90.4 Å². The quantitative estimate of drug-likeness (QED) is 0.658. The maximum Gasteiger partial charge on any atom is 0.428 e. The number of hydroxylamine groups is 1. The Bertz CT molecular complexity index is 943. The zero-order valence-corrected chi connectivity index (χ0v) is 14.9. The van der Waals surface area contributed by atoms with E-state index >= 15 is 0 Å². The maximum absolute atomic E-state index is 13.9. The zero-order valence-electron chi connectivity index (χ0n) is 13.4. The number of alkyl halides is 3. The van der Waals surface area contributed by atoms with Gasteiger partial charge < -0.3 is 11.5 Å². The number of primary amides is 1. The Kier molecular flexibility index (Phi) is 4.75. The zero-order chi connectivity index (χ0) is 20.0. The number of hydrogen-bond acceptors (Lipinski definition) is 4. The van der Waals surface area contributed by atoms with E-state index in [2.05, 4.69) is 5.48 Å². The SMILES string of the molecule is NC(=O)c1ccc(C2=CC(c3cc(Cl)cc(Cl)c3)(C(F)(F)F)ON2)cc1N. The van der Waals surface area contributed by atoms with Gasteiger partial charge in [0, 0.05) is 26.9 Å². The molecule has 5 N–H and O–H groups in total. The third-order valence-corrected chi connectivity index (χ3v) is 4.45. The monoisotopic (exact) mass is 417 g/mol. The number of amides is 1. The molecule has 1 amide bonds. The molecule has 0 spiro atoms. The molecule has 0 aliphatic carbocycles. The predicted molar refractivity (Wildman–Crippen MR) is 95.8 cm³/mol. The summed E-state index contributed by atoms with van der Waals surface area (Å²) in [7, 11) is 0. The van der Waals surface area contributed by atoms with Gasteiger partial charge in [0.05, 0.1) is 11.3 Å². The van der Waals surface area contributed by atoms with E-state index in [0.29, 0.717) is 0 Å². The molecule has 10 heteroatoms. The molecule has 0 radical (unpaired) electrons. The molecule has 0 bridgehead atoms. The summed E-state index contributed by atoms with van der Waals surface area (Å²) in [6.07, 6.45) is -3.97. The van der Waals surface area contributed by atoms with Gasteiger partial charge in [0.2, 0.25) is 5.60 Å². The van der Waals surface area contributed by atoms with Crippen molar-refractivity contribution in [1.29, 1.82) is 0 Å². The van der Waals surface area contributed by atoms with Crippen molar-refractivity contribution >= 4 is 40.5 Å². The second-order valence-corrected chi connectivity index (χ2v) is 6.69. The Morgan fingerprint density at radius 1 is 1.11 bits per heavy atom. The number of halogens is 5. The van der Waals surface area contributed by atoms with Gasteiger partial charge in [-0.05, 0) is 36.4 Å². The van der Waals surface area contributed by atoms with Crippen LogP contribution in [0.4, 0.5) is 18.9 Å². The summed E-state index contributed by atoms with van der Waals surface area (Å²) in [5.41, 5.74) is 10.4. The summed E-state index contributed by atoms with van der Waals surface area (Å²) in [6.45, 7) is 0.